The second-order valence-electron chi connectivity index (χ2n) is 4.02. The molecule has 1 aliphatic carbocycles. The lowest BCUT2D eigenvalue weighted by Gasteiger charge is -2.20. The molecular weight excluding hydrogens is 182 g/mol. The van der Waals surface area contributed by atoms with Gasteiger partial charge in [0.25, 0.3) is 0 Å². The molecule has 15 heavy (non-hydrogen) atoms. The lowest BCUT2D eigenvalue weighted by atomic mass is 9.85. The Morgan fingerprint density at radius 2 is 2.13 bits per heavy atom. The lowest BCUT2D eigenvalue weighted by molar-refractivity contribution is 1.13. The van der Waals surface area contributed by atoms with E-state index in [2.05, 4.69) is 38.3 Å². The smallest absolute Gasteiger partial charge is 0.0320 e. The van der Waals surface area contributed by atoms with Gasteiger partial charge in [0.1, 0.15) is 0 Å². The predicted molar refractivity (Wildman–Crippen MR) is 65.3 cm³/mol. The third-order valence-corrected chi connectivity index (χ3v) is 2.80. The van der Waals surface area contributed by atoms with Crippen LogP contribution in [0.2, 0.25) is 0 Å². The summed E-state index contributed by atoms with van der Waals surface area (Å²) in [4.78, 5) is 0. The van der Waals surface area contributed by atoms with Crippen LogP contribution in [0.4, 0.5) is 0 Å². The molecular formula is C14H15N. The third kappa shape index (κ3) is 1.61. The van der Waals surface area contributed by atoms with Crippen LogP contribution in [-0.4, -0.2) is 0 Å². The monoisotopic (exact) mass is 197 g/mol. The van der Waals surface area contributed by atoms with Crippen molar-refractivity contribution in [2.75, 3.05) is 0 Å². The van der Waals surface area contributed by atoms with Crippen molar-refractivity contribution in [2.45, 2.75) is 13.3 Å². The first-order valence-corrected chi connectivity index (χ1v) is 5.02. The second kappa shape index (κ2) is 3.43. The Hall–Kier alpha value is -1.76. The number of aryl methyl sites for hydroxylation is 1. The summed E-state index contributed by atoms with van der Waals surface area (Å²) in [5.74, 6) is 0. The van der Waals surface area contributed by atoms with Crippen LogP contribution in [0.5, 0.6) is 0 Å². The number of benzene rings is 1. The Bertz CT molecular complexity index is 478. The molecule has 0 bridgehead atoms. The number of hydrogen-bond donors (Lipinski definition) is 1. The highest BCUT2D eigenvalue weighted by Crippen LogP contribution is 2.32. The van der Waals surface area contributed by atoms with Gasteiger partial charge in [0.2, 0.25) is 0 Å². The van der Waals surface area contributed by atoms with Gasteiger partial charge in [-0.2, -0.15) is 0 Å². The average molecular weight is 197 g/mol. The van der Waals surface area contributed by atoms with E-state index in [0.29, 0.717) is 5.70 Å². The van der Waals surface area contributed by atoms with Gasteiger partial charge in [-0.25, -0.2) is 0 Å². The maximum Gasteiger partial charge on any atom is 0.0320 e. The van der Waals surface area contributed by atoms with Crippen LogP contribution in [0.1, 0.15) is 16.7 Å². The topological polar surface area (TPSA) is 26.0 Å². The van der Waals surface area contributed by atoms with Crippen molar-refractivity contribution < 1.29 is 0 Å². The zero-order valence-corrected chi connectivity index (χ0v) is 9.01. The molecule has 0 saturated carbocycles. The van der Waals surface area contributed by atoms with Gasteiger partial charge < -0.3 is 5.73 Å². The molecule has 2 rings (SSSR count). The van der Waals surface area contributed by atoms with Crippen LogP contribution < -0.4 is 5.73 Å². The average Bonchev–Trinajstić information content (AvgIpc) is 2.18. The van der Waals surface area contributed by atoms with Crippen molar-refractivity contribution in [1.82, 2.24) is 0 Å². The molecule has 0 aromatic heterocycles. The Morgan fingerprint density at radius 1 is 1.40 bits per heavy atom. The summed E-state index contributed by atoms with van der Waals surface area (Å²) < 4.78 is 0. The van der Waals surface area contributed by atoms with Crippen LogP contribution in [0.15, 0.2) is 48.7 Å². The summed E-state index contributed by atoms with van der Waals surface area (Å²) in [5, 5.41) is 0. The van der Waals surface area contributed by atoms with Gasteiger partial charge in [-0.05, 0) is 36.1 Å². The molecule has 0 spiro atoms. The molecule has 0 unspecified atom stereocenters. The van der Waals surface area contributed by atoms with E-state index in [1.54, 1.807) is 0 Å². The minimum atomic E-state index is 0.614. The molecule has 1 aromatic rings. The molecule has 0 amide bonds. The number of allylic oxidation sites excluding steroid dienone is 3. The van der Waals surface area contributed by atoms with Crippen LogP contribution in [0, 0.1) is 6.92 Å². The van der Waals surface area contributed by atoms with Gasteiger partial charge in [-0.1, -0.05) is 36.9 Å². The van der Waals surface area contributed by atoms with E-state index in [-0.39, 0.29) is 0 Å². The molecule has 1 aromatic carbocycles. The molecule has 1 heteroatoms. The summed E-state index contributed by atoms with van der Waals surface area (Å²) >= 11 is 0. The normalized spacial score (nSPS) is 14.5. The molecule has 0 aliphatic heterocycles. The van der Waals surface area contributed by atoms with Crippen molar-refractivity contribution >= 4 is 5.57 Å². The second-order valence-corrected chi connectivity index (χ2v) is 4.02. The van der Waals surface area contributed by atoms with Gasteiger partial charge in [0.15, 0.2) is 0 Å². The fraction of sp³-hybridized carbons (Fsp3) is 0.143. The highest BCUT2D eigenvalue weighted by atomic mass is 14.6. The van der Waals surface area contributed by atoms with Crippen molar-refractivity contribution in [1.29, 1.82) is 0 Å². The highest BCUT2D eigenvalue weighted by molar-refractivity contribution is 5.83. The molecule has 1 aliphatic rings. The predicted octanol–water partition coefficient (Wildman–Crippen LogP) is 2.96. The van der Waals surface area contributed by atoms with Gasteiger partial charge in [-0.3, -0.25) is 0 Å². The summed E-state index contributed by atoms with van der Waals surface area (Å²) in [7, 11) is 0. The van der Waals surface area contributed by atoms with Crippen LogP contribution >= 0.6 is 0 Å². The molecule has 0 heterocycles. The Morgan fingerprint density at radius 3 is 2.80 bits per heavy atom. The van der Waals surface area contributed by atoms with E-state index >= 15 is 0 Å². The van der Waals surface area contributed by atoms with Crippen molar-refractivity contribution in [2.24, 2.45) is 5.73 Å². The van der Waals surface area contributed by atoms with Gasteiger partial charge in [0, 0.05) is 11.3 Å². The molecule has 0 atom stereocenters. The summed E-state index contributed by atoms with van der Waals surface area (Å²) in [6.45, 7) is 9.94. The van der Waals surface area contributed by atoms with Crippen molar-refractivity contribution in [3.8, 4) is 0 Å². The van der Waals surface area contributed by atoms with Crippen LogP contribution in [-0.2, 0) is 6.42 Å². The van der Waals surface area contributed by atoms with E-state index in [0.717, 1.165) is 17.6 Å². The molecule has 0 radical (unpaired) electrons. The Kier molecular flexibility index (Phi) is 2.24. The first-order valence-electron chi connectivity index (χ1n) is 5.02. The SMILES string of the molecule is C=C1C=C(C(=C)N)c2cccc(C)c2C1. The number of rotatable bonds is 1. The summed E-state index contributed by atoms with van der Waals surface area (Å²) in [6.07, 6.45) is 2.95. The highest BCUT2D eigenvalue weighted by Gasteiger charge is 2.16. The molecule has 0 saturated heterocycles. The molecule has 2 N–H and O–H groups in total. The lowest BCUT2D eigenvalue weighted by Crippen LogP contribution is -2.08. The zero-order chi connectivity index (χ0) is 11.0. The fourth-order valence-electron chi connectivity index (χ4n) is 2.01. The maximum absolute atomic E-state index is 5.79. The number of nitrogens with two attached hydrogens (primary N) is 1. The molecule has 0 fully saturated rings. The number of hydrogen-bond acceptors (Lipinski definition) is 1. The van der Waals surface area contributed by atoms with E-state index in [1.807, 2.05) is 6.08 Å². The largest absolute Gasteiger partial charge is 0.399 e. The Balaban J connectivity index is 2.67. The van der Waals surface area contributed by atoms with Crippen molar-refractivity contribution in [3.63, 3.8) is 0 Å². The fourth-order valence-corrected chi connectivity index (χ4v) is 2.01. The third-order valence-electron chi connectivity index (χ3n) is 2.80. The van der Waals surface area contributed by atoms with Gasteiger partial charge >= 0.3 is 0 Å². The van der Waals surface area contributed by atoms with E-state index in [1.165, 1.54) is 16.7 Å². The first-order chi connectivity index (χ1) is 7.09. The standard InChI is InChI=1S/C14H15N/c1-9-7-13-10(2)5-4-6-12(13)14(8-9)11(3)15/h4-6,8H,1,3,7,15H2,2H3. The first kappa shape index (κ1) is 9.78. The van der Waals surface area contributed by atoms with E-state index in [9.17, 15) is 0 Å². The van der Waals surface area contributed by atoms with E-state index < -0.39 is 0 Å². The van der Waals surface area contributed by atoms with Gasteiger partial charge in [-0.15, -0.1) is 0 Å². The quantitative estimate of drug-likeness (QED) is 0.736. The molecule has 1 nitrogen and oxygen atoms in total. The minimum absolute atomic E-state index is 0.614. The molecule has 76 valence electrons. The van der Waals surface area contributed by atoms with Crippen LogP contribution in [0.25, 0.3) is 5.57 Å². The van der Waals surface area contributed by atoms with Gasteiger partial charge in [0.05, 0.1) is 0 Å². The zero-order valence-electron chi connectivity index (χ0n) is 9.01. The Labute approximate surface area is 90.6 Å². The summed E-state index contributed by atoms with van der Waals surface area (Å²) in [5.41, 5.74) is 12.3. The minimum Gasteiger partial charge on any atom is -0.399 e. The van der Waals surface area contributed by atoms with E-state index in [4.69, 9.17) is 5.73 Å². The number of fused-ring (bicyclic) bond motifs is 1. The maximum atomic E-state index is 5.79. The summed E-state index contributed by atoms with van der Waals surface area (Å²) in [6, 6.07) is 6.27. The van der Waals surface area contributed by atoms with Crippen LogP contribution in [0.3, 0.4) is 0 Å². The van der Waals surface area contributed by atoms with Crippen molar-refractivity contribution in [3.05, 3.63) is 65.4 Å².